The summed E-state index contributed by atoms with van der Waals surface area (Å²) in [6.45, 7) is 4.36. The standard InChI is InChI=1S/C16H30N2S/c1-4-5-6-7-8-9-10-11-12-15(17-3)16-13-19-14(2)18-16/h13,15,17H,4-12H2,1-3H3. The molecule has 0 spiro atoms. The highest BCUT2D eigenvalue weighted by Gasteiger charge is 2.11. The summed E-state index contributed by atoms with van der Waals surface area (Å²) in [7, 11) is 2.05. The van der Waals surface area contributed by atoms with Crippen LogP contribution in [0.1, 0.15) is 81.5 Å². The van der Waals surface area contributed by atoms with Crippen molar-refractivity contribution < 1.29 is 0 Å². The molecule has 1 atom stereocenters. The lowest BCUT2D eigenvalue weighted by Crippen LogP contribution is -2.16. The molecule has 0 fully saturated rings. The highest BCUT2D eigenvalue weighted by Crippen LogP contribution is 2.21. The van der Waals surface area contributed by atoms with Gasteiger partial charge >= 0.3 is 0 Å². The highest BCUT2D eigenvalue weighted by molar-refractivity contribution is 7.09. The second-order valence-electron chi connectivity index (χ2n) is 5.40. The number of thiazole rings is 1. The molecule has 0 aliphatic rings. The molecule has 0 aliphatic carbocycles. The van der Waals surface area contributed by atoms with Gasteiger partial charge in [0.15, 0.2) is 0 Å². The molecule has 110 valence electrons. The van der Waals surface area contributed by atoms with Gasteiger partial charge in [0.1, 0.15) is 0 Å². The first-order valence-electron chi connectivity index (χ1n) is 7.87. The van der Waals surface area contributed by atoms with Gasteiger partial charge in [-0.15, -0.1) is 11.3 Å². The Morgan fingerprint density at radius 3 is 2.26 bits per heavy atom. The molecule has 1 N–H and O–H groups in total. The van der Waals surface area contributed by atoms with Gasteiger partial charge < -0.3 is 5.32 Å². The highest BCUT2D eigenvalue weighted by atomic mass is 32.1. The quantitative estimate of drug-likeness (QED) is 0.561. The number of hydrogen-bond acceptors (Lipinski definition) is 3. The molecule has 0 bridgehead atoms. The molecule has 19 heavy (non-hydrogen) atoms. The van der Waals surface area contributed by atoms with Crippen molar-refractivity contribution in [3.8, 4) is 0 Å². The van der Waals surface area contributed by atoms with E-state index in [0.29, 0.717) is 6.04 Å². The van der Waals surface area contributed by atoms with Gasteiger partial charge in [-0.1, -0.05) is 58.3 Å². The number of aryl methyl sites for hydroxylation is 1. The molecule has 1 aromatic rings. The molecule has 0 saturated carbocycles. The summed E-state index contributed by atoms with van der Waals surface area (Å²) >= 11 is 1.75. The van der Waals surface area contributed by atoms with Crippen LogP contribution in [0.3, 0.4) is 0 Å². The zero-order chi connectivity index (χ0) is 13.9. The zero-order valence-electron chi connectivity index (χ0n) is 12.9. The van der Waals surface area contributed by atoms with E-state index < -0.39 is 0 Å². The number of aromatic nitrogens is 1. The fraction of sp³-hybridized carbons (Fsp3) is 0.812. The van der Waals surface area contributed by atoms with Crippen LogP contribution in [0, 0.1) is 6.92 Å². The summed E-state index contributed by atoms with van der Waals surface area (Å²) in [5.74, 6) is 0. The third-order valence-electron chi connectivity index (χ3n) is 3.69. The summed E-state index contributed by atoms with van der Waals surface area (Å²) < 4.78 is 0. The Labute approximate surface area is 123 Å². The fourth-order valence-corrected chi connectivity index (χ4v) is 3.13. The van der Waals surface area contributed by atoms with Crippen LogP contribution in [0.15, 0.2) is 5.38 Å². The van der Waals surface area contributed by atoms with Crippen LogP contribution in [0.5, 0.6) is 0 Å². The normalized spacial score (nSPS) is 12.8. The second kappa shape index (κ2) is 10.4. The molecule has 1 aromatic heterocycles. The molecule has 0 aliphatic heterocycles. The van der Waals surface area contributed by atoms with E-state index >= 15 is 0 Å². The third-order valence-corrected chi connectivity index (χ3v) is 4.48. The zero-order valence-corrected chi connectivity index (χ0v) is 13.7. The van der Waals surface area contributed by atoms with E-state index in [2.05, 4.69) is 29.5 Å². The minimum absolute atomic E-state index is 0.449. The van der Waals surface area contributed by atoms with Crippen LogP contribution in [-0.2, 0) is 0 Å². The largest absolute Gasteiger partial charge is 0.312 e. The molecular formula is C16H30N2S. The third kappa shape index (κ3) is 7.07. The van der Waals surface area contributed by atoms with Gasteiger partial charge in [0.05, 0.1) is 16.7 Å². The Bertz CT molecular complexity index is 322. The smallest absolute Gasteiger partial charge is 0.0898 e. The molecule has 1 unspecified atom stereocenters. The number of rotatable bonds is 11. The van der Waals surface area contributed by atoms with Crippen molar-refractivity contribution in [3.63, 3.8) is 0 Å². The van der Waals surface area contributed by atoms with Crippen molar-refractivity contribution in [1.82, 2.24) is 10.3 Å². The first-order chi connectivity index (χ1) is 9.27. The first kappa shape index (κ1) is 16.6. The van der Waals surface area contributed by atoms with E-state index in [4.69, 9.17) is 0 Å². The van der Waals surface area contributed by atoms with E-state index in [1.54, 1.807) is 11.3 Å². The van der Waals surface area contributed by atoms with Crippen molar-refractivity contribution in [2.45, 2.75) is 77.7 Å². The molecule has 3 heteroatoms. The van der Waals surface area contributed by atoms with Crippen molar-refractivity contribution in [2.24, 2.45) is 0 Å². The van der Waals surface area contributed by atoms with Gasteiger partial charge in [-0.25, -0.2) is 4.98 Å². The van der Waals surface area contributed by atoms with E-state index in [1.807, 2.05) is 7.05 Å². The van der Waals surface area contributed by atoms with Crippen LogP contribution < -0.4 is 5.32 Å². The van der Waals surface area contributed by atoms with Gasteiger partial charge in [-0.05, 0) is 20.4 Å². The van der Waals surface area contributed by atoms with Crippen LogP contribution in [0.2, 0.25) is 0 Å². The van der Waals surface area contributed by atoms with Crippen molar-refractivity contribution in [2.75, 3.05) is 7.05 Å². The van der Waals surface area contributed by atoms with Crippen LogP contribution in [0.4, 0.5) is 0 Å². The Balaban J connectivity index is 2.07. The fourth-order valence-electron chi connectivity index (χ4n) is 2.46. The molecule has 1 heterocycles. The van der Waals surface area contributed by atoms with Crippen molar-refractivity contribution in [1.29, 1.82) is 0 Å². The van der Waals surface area contributed by atoms with E-state index in [1.165, 1.54) is 68.5 Å². The molecular weight excluding hydrogens is 252 g/mol. The molecule has 1 rings (SSSR count). The minimum atomic E-state index is 0.449. The SMILES string of the molecule is CCCCCCCCCCC(NC)c1csc(C)n1. The van der Waals surface area contributed by atoms with Crippen LogP contribution >= 0.6 is 11.3 Å². The van der Waals surface area contributed by atoms with E-state index in [0.717, 1.165) is 0 Å². The maximum atomic E-state index is 4.59. The lowest BCUT2D eigenvalue weighted by Gasteiger charge is -2.13. The van der Waals surface area contributed by atoms with E-state index in [9.17, 15) is 0 Å². The topological polar surface area (TPSA) is 24.9 Å². The second-order valence-corrected chi connectivity index (χ2v) is 6.46. The summed E-state index contributed by atoms with van der Waals surface area (Å²) in [6.07, 6.45) is 12.3. The lowest BCUT2D eigenvalue weighted by molar-refractivity contribution is 0.488. The first-order valence-corrected chi connectivity index (χ1v) is 8.75. The average Bonchev–Trinajstić information content (AvgIpc) is 2.83. The van der Waals surface area contributed by atoms with Crippen molar-refractivity contribution in [3.05, 3.63) is 16.1 Å². The average molecular weight is 282 g/mol. The summed E-state index contributed by atoms with van der Waals surface area (Å²) in [4.78, 5) is 4.59. The molecule has 0 radical (unpaired) electrons. The molecule has 2 nitrogen and oxygen atoms in total. The number of unbranched alkanes of at least 4 members (excludes halogenated alkanes) is 7. The maximum absolute atomic E-state index is 4.59. The molecule has 0 saturated heterocycles. The minimum Gasteiger partial charge on any atom is -0.312 e. The number of nitrogens with zero attached hydrogens (tertiary/aromatic N) is 1. The number of hydrogen-bond donors (Lipinski definition) is 1. The molecule has 0 aromatic carbocycles. The Morgan fingerprint density at radius 2 is 1.74 bits per heavy atom. The van der Waals surface area contributed by atoms with Gasteiger partial charge in [-0.2, -0.15) is 0 Å². The monoisotopic (exact) mass is 282 g/mol. The predicted molar refractivity (Wildman–Crippen MR) is 85.9 cm³/mol. The Morgan fingerprint density at radius 1 is 1.11 bits per heavy atom. The van der Waals surface area contributed by atoms with Crippen LogP contribution in [-0.4, -0.2) is 12.0 Å². The Kier molecular flexibility index (Phi) is 9.10. The predicted octanol–water partition coefficient (Wildman–Crippen LogP) is 5.24. The van der Waals surface area contributed by atoms with Crippen LogP contribution in [0.25, 0.3) is 0 Å². The van der Waals surface area contributed by atoms with Gasteiger partial charge in [0.2, 0.25) is 0 Å². The summed E-state index contributed by atoms with van der Waals surface area (Å²) in [6, 6.07) is 0.449. The summed E-state index contributed by atoms with van der Waals surface area (Å²) in [5.41, 5.74) is 1.23. The number of nitrogens with one attached hydrogen (secondary N) is 1. The van der Waals surface area contributed by atoms with E-state index in [-0.39, 0.29) is 0 Å². The Hall–Kier alpha value is -0.410. The van der Waals surface area contributed by atoms with Crippen molar-refractivity contribution >= 4 is 11.3 Å². The van der Waals surface area contributed by atoms with Gasteiger partial charge in [-0.3, -0.25) is 0 Å². The molecule has 0 amide bonds. The summed E-state index contributed by atoms with van der Waals surface area (Å²) in [5, 5.41) is 6.76. The maximum Gasteiger partial charge on any atom is 0.0898 e. The van der Waals surface area contributed by atoms with Gasteiger partial charge in [0, 0.05) is 5.38 Å². The lowest BCUT2D eigenvalue weighted by atomic mass is 10.0. The van der Waals surface area contributed by atoms with Gasteiger partial charge in [0.25, 0.3) is 0 Å².